The van der Waals surface area contributed by atoms with Gasteiger partial charge >= 0.3 is 6.01 Å². The minimum Gasteiger partial charge on any atom is -0.450 e. The Morgan fingerprint density at radius 1 is 1.53 bits per heavy atom. The van der Waals surface area contributed by atoms with Gasteiger partial charge in [-0.1, -0.05) is 5.92 Å². The van der Waals surface area contributed by atoms with Gasteiger partial charge in [0, 0.05) is 24.1 Å². The molecule has 17 heavy (non-hydrogen) atoms. The Morgan fingerprint density at radius 3 is 3.18 bits per heavy atom. The zero-order chi connectivity index (χ0) is 12.1. The predicted molar refractivity (Wildman–Crippen MR) is 69.5 cm³/mol. The van der Waals surface area contributed by atoms with Crippen molar-refractivity contribution in [2.24, 2.45) is 0 Å². The maximum atomic E-state index is 5.34. The molecule has 0 N–H and O–H groups in total. The highest BCUT2D eigenvalue weighted by molar-refractivity contribution is 7.09. The number of hydrogen-bond donors (Lipinski definition) is 0. The lowest BCUT2D eigenvalue weighted by molar-refractivity contribution is 0.344. The normalized spacial score (nSPS) is 19.6. The molecule has 1 fully saturated rings. The highest BCUT2D eigenvalue weighted by Gasteiger charge is 2.21. The number of rotatable bonds is 3. The fraction of sp³-hybridized carbons (Fsp3) is 0.667. The van der Waals surface area contributed by atoms with Gasteiger partial charge in [0.25, 0.3) is 0 Å². The molecule has 1 aliphatic rings. The number of aromatic nitrogens is 2. The Labute approximate surface area is 106 Å². The molecule has 1 saturated heterocycles. The first-order valence-electron chi connectivity index (χ1n) is 5.94. The van der Waals surface area contributed by atoms with E-state index in [1.165, 1.54) is 30.8 Å². The summed E-state index contributed by atoms with van der Waals surface area (Å²) in [6, 6.07) is 1.01. The number of ether oxygens (including phenoxy) is 1. The molecule has 1 unspecified atom stereocenters. The van der Waals surface area contributed by atoms with Crippen LogP contribution in [0.3, 0.4) is 0 Å². The molecule has 1 atom stereocenters. The molecule has 0 bridgehead atoms. The summed E-state index contributed by atoms with van der Waals surface area (Å²) in [5.74, 6) is 5.61. The minimum atomic E-state index is 0.363. The Bertz CT molecular complexity index is 421. The Morgan fingerprint density at radius 2 is 2.41 bits per heavy atom. The summed E-state index contributed by atoms with van der Waals surface area (Å²) in [6.45, 7) is 5.47. The molecule has 0 aliphatic carbocycles. The lowest BCUT2D eigenvalue weighted by atomic mass is 10.1. The summed E-state index contributed by atoms with van der Waals surface area (Å²) < 4.78 is 9.54. The van der Waals surface area contributed by atoms with Crippen LogP contribution in [0.5, 0.6) is 6.01 Å². The van der Waals surface area contributed by atoms with Crippen molar-refractivity contribution in [2.75, 3.05) is 18.1 Å². The topological polar surface area (TPSA) is 38.2 Å². The van der Waals surface area contributed by atoms with Crippen molar-refractivity contribution < 1.29 is 4.74 Å². The molecule has 92 valence electrons. The highest BCUT2D eigenvalue weighted by Crippen LogP contribution is 2.27. The third-order valence-corrected chi connectivity index (χ3v) is 3.63. The van der Waals surface area contributed by atoms with E-state index < -0.39 is 0 Å². The smallest absolute Gasteiger partial charge is 0.331 e. The van der Waals surface area contributed by atoms with Gasteiger partial charge in [-0.05, 0) is 33.1 Å². The molecule has 4 nitrogen and oxygen atoms in total. The van der Waals surface area contributed by atoms with Gasteiger partial charge in [-0.2, -0.15) is 4.98 Å². The van der Waals surface area contributed by atoms with E-state index in [1.807, 2.05) is 0 Å². The summed E-state index contributed by atoms with van der Waals surface area (Å²) >= 11 is 1.41. The molecule has 0 saturated carbocycles. The maximum absolute atomic E-state index is 5.34. The van der Waals surface area contributed by atoms with Crippen LogP contribution in [0.15, 0.2) is 0 Å². The van der Waals surface area contributed by atoms with E-state index in [9.17, 15) is 0 Å². The van der Waals surface area contributed by atoms with Crippen molar-refractivity contribution in [3.63, 3.8) is 0 Å². The molecule has 1 aromatic heterocycles. The van der Waals surface area contributed by atoms with E-state index in [1.54, 1.807) is 6.92 Å². The van der Waals surface area contributed by atoms with Gasteiger partial charge in [0.1, 0.15) is 0 Å². The fourth-order valence-corrected chi connectivity index (χ4v) is 2.68. The van der Waals surface area contributed by atoms with Crippen LogP contribution in [0.25, 0.3) is 0 Å². The van der Waals surface area contributed by atoms with Crippen molar-refractivity contribution >= 4 is 16.7 Å². The van der Waals surface area contributed by atoms with Gasteiger partial charge in [-0.25, -0.2) is 0 Å². The lowest BCUT2D eigenvalue weighted by Gasteiger charge is -2.32. The SMILES string of the molecule is CC#CCOc1nsc(N2CCCCC2C)n1. The second kappa shape index (κ2) is 5.87. The number of nitrogens with zero attached hydrogens (tertiary/aromatic N) is 3. The Hall–Kier alpha value is -1.28. The van der Waals surface area contributed by atoms with E-state index in [4.69, 9.17) is 4.74 Å². The van der Waals surface area contributed by atoms with Gasteiger partial charge in [-0.3, -0.25) is 0 Å². The lowest BCUT2D eigenvalue weighted by Crippen LogP contribution is -2.37. The van der Waals surface area contributed by atoms with Crippen LogP contribution in [0.2, 0.25) is 0 Å². The first-order chi connectivity index (χ1) is 8.31. The summed E-state index contributed by atoms with van der Waals surface area (Å²) in [5, 5.41) is 0.969. The first-order valence-corrected chi connectivity index (χ1v) is 6.71. The molecular formula is C12H17N3OS. The molecule has 0 radical (unpaired) electrons. The van der Waals surface area contributed by atoms with Crippen LogP contribution in [0, 0.1) is 11.8 Å². The fourth-order valence-electron chi connectivity index (χ4n) is 1.93. The molecule has 0 aromatic carbocycles. The molecule has 2 heterocycles. The van der Waals surface area contributed by atoms with Crippen molar-refractivity contribution in [1.82, 2.24) is 9.36 Å². The van der Waals surface area contributed by atoms with Crippen molar-refractivity contribution in [3.8, 4) is 17.9 Å². The summed E-state index contributed by atoms with van der Waals surface area (Å²) in [4.78, 5) is 6.72. The van der Waals surface area contributed by atoms with Gasteiger partial charge in [0.2, 0.25) is 5.13 Å². The molecule has 1 aliphatic heterocycles. The highest BCUT2D eigenvalue weighted by atomic mass is 32.1. The standard InChI is InChI=1S/C12H17N3OS/c1-3-4-9-16-11-13-12(17-14-11)15-8-6-5-7-10(15)2/h10H,5-9H2,1-2H3. The molecule has 0 amide bonds. The van der Waals surface area contributed by atoms with Crippen LogP contribution >= 0.6 is 11.5 Å². The minimum absolute atomic E-state index is 0.363. The quantitative estimate of drug-likeness (QED) is 0.773. The van der Waals surface area contributed by atoms with E-state index in [2.05, 4.69) is 33.0 Å². The van der Waals surface area contributed by atoms with Crippen LogP contribution in [0.4, 0.5) is 5.13 Å². The van der Waals surface area contributed by atoms with Crippen LogP contribution in [-0.4, -0.2) is 28.6 Å². The van der Waals surface area contributed by atoms with Crippen molar-refractivity contribution in [3.05, 3.63) is 0 Å². The molecule has 0 spiro atoms. The second-order valence-corrected chi connectivity index (χ2v) is 4.84. The van der Waals surface area contributed by atoms with Crippen LogP contribution < -0.4 is 9.64 Å². The van der Waals surface area contributed by atoms with Crippen LogP contribution in [-0.2, 0) is 0 Å². The monoisotopic (exact) mass is 251 g/mol. The largest absolute Gasteiger partial charge is 0.450 e. The summed E-state index contributed by atoms with van der Waals surface area (Å²) in [7, 11) is 0. The summed E-state index contributed by atoms with van der Waals surface area (Å²) in [6.07, 6.45) is 3.78. The zero-order valence-electron chi connectivity index (χ0n) is 10.3. The predicted octanol–water partition coefficient (Wildman–Crippen LogP) is 2.32. The molecule has 5 heteroatoms. The van der Waals surface area contributed by atoms with Gasteiger partial charge in [0.05, 0.1) is 0 Å². The van der Waals surface area contributed by atoms with Crippen molar-refractivity contribution in [1.29, 1.82) is 0 Å². The van der Waals surface area contributed by atoms with E-state index in [-0.39, 0.29) is 0 Å². The van der Waals surface area contributed by atoms with Crippen LogP contribution in [0.1, 0.15) is 33.1 Å². The third-order valence-electron chi connectivity index (χ3n) is 2.90. The average molecular weight is 251 g/mol. The Balaban J connectivity index is 1.98. The molecule has 1 aromatic rings. The second-order valence-electron chi connectivity index (χ2n) is 4.11. The van der Waals surface area contributed by atoms with Gasteiger partial charge in [0.15, 0.2) is 6.61 Å². The zero-order valence-corrected chi connectivity index (χ0v) is 11.1. The molecular weight excluding hydrogens is 234 g/mol. The van der Waals surface area contributed by atoms with E-state index >= 15 is 0 Å². The number of piperidine rings is 1. The maximum Gasteiger partial charge on any atom is 0.331 e. The van der Waals surface area contributed by atoms with Crippen molar-refractivity contribution in [2.45, 2.75) is 39.2 Å². The third kappa shape index (κ3) is 3.10. The average Bonchev–Trinajstić information content (AvgIpc) is 2.79. The first kappa shape index (κ1) is 12.2. The summed E-state index contributed by atoms with van der Waals surface area (Å²) in [5.41, 5.74) is 0. The van der Waals surface area contributed by atoms with E-state index in [0.29, 0.717) is 18.7 Å². The van der Waals surface area contributed by atoms with E-state index in [0.717, 1.165) is 11.7 Å². The van der Waals surface area contributed by atoms with Gasteiger partial charge in [-0.15, -0.1) is 10.3 Å². The number of hydrogen-bond acceptors (Lipinski definition) is 5. The molecule has 2 rings (SSSR count). The van der Waals surface area contributed by atoms with Gasteiger partial charge < -0.3 is 9.64 Å². The Kier molecular flexibility index (Phi) is 4.21. The number of anilines is 1.